The van der Waals surface area contributed by atoms with Gasteiger partial charge in [-0.1, -0.05) is 60.7 Å². The Balaban J connectivity index is 1.41. The number of amides is 3. The zero-order valence-electron chi connectivity index (χ0n) is 27.0. The third kappa shape index (κ3) is 8.02. The predicted molar refractivity (Wildman–Crippen MR) is 186 cm³/mol. The highest BCUT2D eigenvalue weighted by atomic mass is 32.1. The highest BCUT2D eigenvalue weighted by Gasteiger charge is 2.36. The fourth-order valence-corrected chi connectivity index (χ4v) is 7.14. The molecule has 46 heavy (non-hydrogen) atoms. The SMILES string of the molecule is CN1CCCC1CCNC(=O)C(Cc1cccs1)N(C)C(=O)C(Cc1ccc2ccccc2c1)N(C)C(=O)c1cccc(CN)c1. The number of carbonyl (C=O) groups is 3. The third-order valence-corrected chi connectivity index (χ3v) is 10.2. The summed E-state index contributed by atoms with van der Waals surface area (Å²) in [5.41, 5.74) is 8.10. The molecule has 1 aliphatic heterocycles. The molecule has 242 valence electrons. The van der Waals surface area contributed by atoms with Gasteiger partial charge in [0, 0.05) is 56.5 Å². The van der Waals surface area contributed by atoms with Crippen LogP contribution < -0.4 is 11.1 Å². The second kappa shape index (κ2) is 15.5. The van der Waals surface area contributed by atoms with Crippen LogP contribution in [0.2, 0.25) is 0 Å². The van der Waals surface area contributed by atoms with Crippen molar-refractivity contribution in [3.63, 3.8) is 0 Å². The molecule has 5 rings (SSSR count). The van der Waals surface area contributed by atoms with Gasteiger partial charge in [0.2, 0.25) is 11.8 Å². The largest absolute Gasteiger partial charge is 0.354 e. The van der Waals surface area contributed by atoms with Crippen molar-refractivity contribution in [3.05, 3.63) is 106 Å². The Hall–Kier alpha value is -4.05. The van der Waals surface area contributed by atoms with Crippen LogP contribution in [0.5, 0.6) is 0 Å². The van der Waals surface area contributed by atoms with Gasteiger partial charge in [-0.15, -0.1) is 11.3 Å². The van der Waals surface area contributed by atoms with Crippen molar-refractivity contribution in [1.29, 1.82) is 0 Å². The zero-order chi connectivity index (χ0) is 32.6. The molecule has 0 bridgehead atoms. The monoisotopic (exact) mass is 639 g/mol. The first-order chi connectivity index (χ1) is 22.2. The second-order valence-electron chi connectivity index (χ2n) is 12.3. The normalized spacial score (nSPS) is 16.2. The Bertz CT molecular complexity index is 1640. The summed E-state index contributed by atoms with van der Waals surface area (Å²) in [4.78, 5) is 48.6. The van der Waals surface area contributed by atoms with E-state index in [9.17, 15) is 14.4 Å². The molecule has 9 heteroatoms. The van der Waals surface area contributed by atoms with Gasteiger partial charge in [0.15, 0.2) is 0 Å². The molecule has 1 aromatic heterocycles. The minimum absolute atomic E-state index is 0.181. The minimum Gasteiger partial charge on any atom is -0.354 e. The topological polar surface area (TPSA) is 99.0 Å². The lowest BCUT2D eigenvalue weighted by atomic mass is 9.98. The number of nitrogens with one attached hydrogen (secondary N) is 1. The van der Waals surface area contributed by atoms with E-state index in [-0.39, 0.29) is 17.7 Å². The van der Waals surface area contributed by atoms with E-state index in [1.807, 2.05) is 60.0 Å². The van der Waals surface area contributed by atoms with Crippen molar-refractivity contribution in [3.8, 4) is 0 Å². The van der Waals surface area contributed by atoms with Crippen LogP contribution in [0, 0.1) is 0 Å². The zero-order valence-corrected chi connectivity index (χ0v) is 27.8. The molecule has 1 aliphatic rings. The van der Waals surface area contributed by atoms with Gasteiger partial charge in [-0.25, -0.2) is 0 Å². The molecule has 3 aromatic carbocycles. The molecule has 0 spiro atoms. The number of likely N-dealkylation sites (N-methyl/N-ethyl adjacent to an activating group) is 2. The van der Waals surface area contributed by atoms with Gasteiger partial charge in [-0.05, 0) is 78.3 Å². The van der Waals surface area contributed by atoms with Crippen LogP contribution in [0.15, 0.2) is 84.2 Å². The van der Waals surface area contributed by atoms with Gasteiger partial charge in [-0.2, -0.15) is 0 Å². The number of thiophene rings is 1. The summed E-state index contributed by atoms with van der Waals surface area (Å²) in [7, 11) is 5.48. The fourth-order valence-electron chi connectivity index (χ4n) is 6.39. The molecule has 0 aliphatic carbocycles. The summed E-state index contributed by atoms with van der Waals surface area (Å²) in [6.45, 7) is 1.94. The first kappa shape index (κ1) is 33.3. The molecule has 2 heterocycles. The van der Waals surface area contributed by atoms with Crippen LogP contribution in [0.4, 0.5) is 0 Å². The number of hydrogen-bond donors (Lipinski definition) is 2. The molecule has 3 atom stereocenters. The van der Waals surface area contributed by atoms with Crippen molar-refractivity contribution in [1.82, 2.24) is 20.0 Å². The molecular weight excluding hydrogens is 595 g/mol. The van der Waals surface area contributed by atoms with Crippen LogP contribution in [0.3, 0.4) is 0 Å². The molecule has 0 radical (unpaired) electrons. The van der Waals surface area contributed by atoms with Crippen molar-refractivity contribution >= 4 is 39.8 Å². The summed E-state index contributed by atoms with van der Waals surface area (Å²) in [6.07, 6.45) is 3.88. The maximum Gasteiger partial charge on any atom is 0.254 e. The average molecular weight is 640 g/mol. The van der Waals surface area contributed by atoms with E-state index in [2.05, 4.69) is 23.3 Å². The number of benzene rings is 3. The van der Waals surface area contributed by atoms with Gasteiger partial charge in [0.05, 0.1) is 0 Å². The molecule has 3 N–H and O–H groups in total. The predicted octanol–water partition coefficient (Wildman–Crippen LogP) is 4.71. The molecule has 1 fully saturated rings. The quantitative estimate of drug-likeness (QED) is 0.221. The van der Waals surface area contributed by atoms with Crippen LogP contribution in [-0.2, 0) is 29.0 Å². The van der Waals surface area contributed by atoms with Crippen LogP contribution in [0.25, 0.3) is 10.8 Å². The Labute approximate surface area is 276 Å². The molecule has 0 saturated carbocycles. The van der Waals surface area contributed by atoms with E-state index in [0.29, 0.717) is 37.5 Å². The van der Waals surface area contributed by atoms with E-state index in [0.717, 1.165) is 46.2 Å². The van der Waals surface area contributed by atoms with Crippen molar-refractivity contribution in [2.45, 2.75) is 56.8 Å². The molecule has 8 nitrogen and oxygen atoms in total. The van der Waals surface area contributed by atoms with E-state index < -0.39 is 12.1 Å². The lowest BCUT2D eigenvalue weighted by Gasteiger charge is -2.34. The third-order valence-electron chi connectivity index (χ3n) is 9.27. The molecule has 1 saturated heterocycles. The van der Waals surface area contributed by atoms with Crippen molar-refractivity contribution < 1.29 is 14.4 Å². The van der Waals surface area contributed by atoms with Gasteiger partial charge in [-0.3, -0.25) is 14.4 Å². The highest BCUT2D eigenvalue weighted by molar-refractivity contribution is 7.09. The molecule has 3 amide bonds. The minimum atomic E-state index is -0.842. The van der Waals surface area contributed by atoms with E-state index in [4.69, 9.17) is 5.73 Å². The van der Waals surface area contributed by atoms with Gasteiger partial charge in [0.25, 0.3) is 5.91 Å². The molecule has 4 aromatic rings. The van der Waals surface area contributed by atoms with Crippen LogP contribution in [0.1, 0.15) is 45.6 Å². The van der Waals surface area contributed by atoms with E-state index in [1.165, 1.54) is 11.3 Å². The van der Waals surface area contributed by atoms with Crippen LogP contribution >= 0.6 is 11.3 Å². The smallest absolute Gasteiger partial charge is 0.254 e. The lowest BCUT2D eigenvalue weighted by molar-refractivity contribution is -0.142. The number of nitrogens with zero attached hydrogens (tertiary/aromatic N) is 3. The van der Waals surface area contributed by atoms with Crippen molar-refractivity contribution in [2.75, 3.05) is 34.2 Å². The Morgan fingerprint density at radius 1 is 0.913 bits per heavy atom. The Morgan fingerprint density at radius 2 is 1.72 bits per heavy atom. The van der Waals surface area contributed by atoms with E-state index >= 15 is 0 Å². The summed E-state index contributed by atoms with van der Waals surface area (Å²) >= 11 is 1.57. The lowest BCUT2D eigenvalue weighted by Crippen LogP contribution is -2.56. The molecular formula is C37H45N5O3S. The fraction of sp³-hybridized carbons (Fsp3) is 0.378. The average Bonchev–Trinajstić information content (AvgIpc) is 3.76. The summed E-state index contributed by atoms with van der Waals surface area (Å²) < 4.78 is 0. The summed E-state index contributed by atoms with van der Waals surface area (Å²) in [6, 6.07) is 24.2. The molecule has 3 unspecified atom stereocenters. The Kier molecular flexibility index (Phi) is 11.2. The number of nitrogens with two attached hydrogens (primary N) is 1. The summed E-state index contributed by atoms with van der Waals surface area (Å²) in [5, 5.41) is 7.27. The number of hydrogen-bond acceptors (Lipinski definition) is 6. The highest BCUT2D eigenvalue weighted by Crippen LogP contribution is 2.22. The van der Waals surface area contributed by atoms with Gasteiger partial charge < -0.3 is 25.8 Å². The second-order valence-corrected chi connectivity index (χ2v) is 13.4. The van der Waals surface area contributed by atoms with E-state index in [1.54, 1.807) is 48.5 Å². The number of carbonyl (C=O) groups excluding carboxylic acids is 3. The van der Waals surface area contributed by atoms with Crippen molar-refractivity contribution in [2.24, 2.45) is 5.73 Å². The van der Waals surface area contributed by atoms with Gasteiger partial charge in [0.1, 0.15) is 12.1 Å². The first-order valence-corrected chi connectivity index (χ1v) is 16.9. The number of rotatable bonds is 13. The number of fused-ring (bicyclic) bond motifs is 1. The number of likely N-dealkylation sites (tertiary alicyclic amines) is 1. The maximum absolute atomic E-state index is 14.5. The summed E-state index contributed by atoms with van der Waals surface area (Å²) in [5.74, 6) is -0.743. The van der Waals surface area contributed by atoms with Crippen LogP contribution in [-0.4, -0.2) is 84.8 Å². The Morgan fingerprint density at radius 3 is 2.43 bits per heavy atom. The van der Waals surface area contributed by atoms with Gasteiger partial charge >= 0.3 is 0 Å². The maximum atomic E-state index is 14.5. The first-order valence-electron chi connectivity index (χ1n) is 16.1. The standard InChI is InChI=1S/C37H45N5O3S/c1-40-19-7-13-31(40)17-18-39-35(43)33(24-32-14-8-20-46-32)41(2)37(45)34(23-26-15-16-28-10-4-5-11-29(28)21-26)42(3)36(44)30-12-6-9-27(22-30)25-38/h4-6,8-12,14-16,20-22,31,33-34H,7,13,17-19,23-25,38H2,1-3H3,(H,39,43).